The average Bonchev–Trinajstić information content (AvgIpc) is 3.21. The van der Waals surface area contributed by atoms with E-state index in [1.165, 1.54) is 54.4 Å². The molecule has 36 heavy (non-hydrogen) atoms. The van der Waals surface area contributed by atoms with Crippen LogP contribution in [-0.4, -0.2) is 39.3 Å². The van der Waals surface area contributed by atoms with Crippen molar-refractivity contribution in [3.8, 4) is 11.1 Å². The van der Waals surface area contributed by atoms with E-state index in [1.54, 1.807) is 0 Å². The van der Waals surface area contributed by atoms with Crippen LogP contribution < -0.4 is 0 Å². The van der Waals surface area contributed by atoms with Gasteiger partial charge in [0.15, 0.2) is 0 Å². The predicted octanol–water partition coefficient (Wildman–Crippen LogP) is 6.41. The molecule has 4 heteroatoms. The number of benzene rings is 2. The maximum Gasteiger partial charge on any atom is 0.307 e. The molecule has 2 bridgehead atoms. The predicted molar refractivity (Wildman–Crippen MR) is 145 cm³/mol. The fourth-order valence-electron chi connectivity index (χ4n) is 7.53. The molecule has 194 valence electrons. The van der Waals surface area contributed by atoms with E-state index in [-0.39, 0.29) is 12.3 Å². The van der Waals surface area contributed by atoms with E-state index in [0.717, 1.165) is 53.6 Å². The molecule has 4 unspecified atom stereocenters. The molecule has 2 aromatic carbocycles. The number of nitrogens with zero attached hydrogens (tertiary/aromatic N) is 1. The third kappa shape index (κ3) is 4.63. The summed E-state index contributed by atoms with van der Waals surface area (Å²) in [5.41, 5.74) is 8.68. The summed E-state index contributed by atoms with van der Waals surface area (Å²) in [4.78, 5) is 14.7. The van der Waals surface area contributed by atoms with Crippen molar-refractivity contribution in [2.75, 3.05) is 6.54 Å². The van der Waals surface area contributed by atoms with E-state index in [2.05, 4.69) is 43.0 Å². The minimum atomic E-state index is -0.795. The molecule has 0 radical (unpaired) electrons. The van der Waals surface area contributed by atoms with Gasteiger partial charge in [-0.15, -0.1) is 0 Å². The molecule has 2 fully saturated rings. The maximum absolute atomic E-state index is 11.9. The van der Waals surface area contributed by atoms with Crippen molar-refractivity contribution in [1.29, 1.82) is 0 Å². The van der Waals surface area contributed by atoms with Gasteiger partial charge in [0, 0.05) is 25.0 Å². The standard InChI is InChI=1S/C32H43NO3/c1-19-26-14-15-33(29-13-7-22-6-8-25(29)16-22)18-28(26)20(2)31(27(19)17-30(34)35)24-11-9-23(10-12-24)21(3)32(4,5)36/h9-12,21-22,25,29,36H,6-8,13-18H2,1-5H3,(H,34,35). The minimum absolute atomic E-state index is 0.00985. The van der Waals surface area contributed by atoms with E-state index in [4.69, 9.17) is 0 Å². The van der Waals surface area contributed by atoms with E-state index in [0.29, 0.717) is 6.04 Å². The first-order chi connectivity index (χ1) is 17.0. The molecule has 0 saturated heterocycles. The number of hydrogen-bond donors (Lipinski definition) is 2. The number of carbonyl (C=O) groups is 1. The van der Waals surface area contributed by atoms with Crippen molar-refractivity contribution >= 4 is 5.97 Å². The molecule has 2 aromatic rings. The smallest absolute Gasteiger partial charge is 0.307 e. The molecule has 0 aromatic heterocycles. The van der Waals surface area contributed by atoms with Gasteiger partial charge < -0.3 is 10.2 Å². The van der Waals surface area contributed by atoms with Crippen LogP contribution in [0.25, 0.3) is 11.1 Å². The second kappa shape index (κ2) is 9.61. The quantitative estimate of drug-likeness (QED) is 0.492. The maximum atomic E-state index is 11.9. The highest BCUT2D eigenvalue weighted by Crippen LogP contribution is 2.46. The molecule has 4 nitrogen and oxygen atoms in total. The van der Waals surface area contributed by atoms with Crippen LogP contribution in [0.1, 0.15) is 92.2 Å². The zero-order valence-electron chi connectivity index (χ0n) is 22.7. The van der Waals surface area contributed by atoms with Gasteiger partial charge in [-0.3, -0.25) is 9.69 Å². The van der Waals surface area contributed by atoms with Crippen molar-refractivity contribution in [3.63, 3.8) is 0 Å². The minimum Gasteiger partial charge on any atom is -0.481 e. The van der Waals surface area contributed by atoms with Gasteiger partial charge in [-0.2, -0.15) is 0 Å². The lowest BCUT2D eigenvalue weighted by atomic mass is 9.78. The number of hydrogen-bond acceptors (Lipinski definition) is 3. The number of rotatable bonds is 6. The molecule has 4 atom stereocenters. The zero-order chi connectivity index (χ0) is 25.8. The topological polar surface area (TPSA) is 60.8 Å². The molecule has 2 saturated carbocycles. The summed E-state index contributed by atoms with van der Waals surface area (Å²) in [6, 6.07) is 9.15. The fraction of sp³-hybridized carbons (Fsp3) is 0.594. The lowest BCUT2D eigenvalue weighted by molar-refractivity contribution is -0.136. The molecule has 3 aliphatic rings. The van der Waals surface area contributed by atoms with Crippen molar-refractivity contribution < 1.29 is 15.0 Å². The lowest BCUT2D eigenvalue weighted by Gasteiger charge is -2.42. The molecule has 0 spiro atoms. The average molecular weight is 490 g/mol. The number of carboxylic acids is 1. The number of fused-ring (bicyclic) bond motifs is 3. The van der Waals surface area contributed by atoms with E-state index >= 15 is 0 Å². The van der Waals surface area contributed by atoms with Crippen LogP contribution in [0.3, 0.4) is 0 Å². The summed E-state index contributed by atoms with van der Waals surface area (Å²) in [7, 11) is 0. The van der Waals surface area contributed by atoms with Crippen LogP contribution in [0.2, 0.25) is 0 Å². The van der Waals surface area contributed by atoms with Gasteiger partial charge in [-0.05, 0) is 116 Å². The number of aliphatic hydroxyl groups is 1. The van der Waals surface area contributed by atoms with Crippen molar-refractivity contribution in [2.24, 2.45) is 11.8 Å². The Hall–Kier alpha value is -2.17. The molecule has 0 amide bonds. The lowest BCUT2D eigenvalue weighted by Crippen LogP contribution is -2.44. The largest absolute Gasteiger partial charge is 0.481 e. The first-order valence-corrected chi connectivity index (χ1v) is 14.0. The molecular weight excluding hydrogens is 446 g/mol. The Bertz CT molecular complexity index is 1140. The Labute approximate surface area is 216 Å². The van der Waals surface area contributed by atoms with Crippen LogP contribution in [0.5, 0.6) is 0 Å². The summed E-state index contributed by atoms with van der Waals surface area (Å²) in [5.74, 6) is 1.07. The van der Waals surface area contributed by atoms with Gasteiger partial charge in [-0.25, -0.2) is 0 Å². The second-order valence-electron chi connectivity index (χ2n) is 12.4. The van der Waals surface area contributed by atoms with Crippen molar-refractivity contribution in [3.05, 3.63) is 57.6 Å². The highest BCUT2D eigenvalue weighted by Gasteiger charge is 2.40. The molecule has 5 rings (SSSR count). The van der Waals surface area contributed by atoms with Crippen LogP contribution in [0.4, 0.5) is 0 Å². The van der Waals surface area contributed by atoms with Gasteiger partial charge in [0.2, 0.25) is 0 Å². The summed E-state index contributed by atoms with van der Waals surface area (Å²) >= 11 is 0. The molecule has 2 aliphatic carbocycles. The molecule has 2 N–H and O–H groups in total. The summed E-state index contributed by atoms with van der Waals surface area (Å²) in [5, 5.41) is 20.3. The van der Waals surface area contributed by atoms with Crippen LogP contribution in [0.15, 0.2) is 24.3 Å². The Morgan fingerprint density at radius 3 is 2.42 bits per heavy atom. The van der Waals surface area contributed by atoms with Crippen LogP contribution in [-0.2, 0) is 24.2 Å². The second-order valence-corrected chi connectivity index (χ2v) is 12.4. The van der Waals surface area contributed by atoms with E-state index in [9.17, 15) is 15.0 Å². The van der Waals surface area contributed by atoms with Gasteiger partial charge in [-0.1, -0.05) is 37.6 Å². The van der Waals surface area contributed by atoms with Crippen molar-refractivity contribution in [2.45, 2.75) is 104 Å². The first-order valence-electron chi connectivity index (χ1n) is 14.0. The van der Waals surface area contributed by atoms with Gasteiger partial charge in [0.1, 0.15) is 0 Å². The molecule has 1 heterocycles. The van der Waals surface area contributed by atoms with Crippen LogP contribution >= 0.6 is 0 Å². The molecular formula is C32H43NO3. The SMILES string of the molecule is Cc1c2c(c(C)c(-c3ccc(C(C)C(C)(C)O)cc3)c1CC(=O)O)CN(C1CCC3CCC1C3)CC2. The Kier molecular flexibility index (Phi) is 6.80. The molecule has 1 aliphatic heterocycles. The Morgan fingerprint density at radius 2 is 1.75 bits per heavy atom. The summed E-state index contributed by atoms with van der Waals surface area (Å²) < 4.78 is 0. The Morgan fingerprint density at radius 1 is 1.06 bits per heavy atom. The van der Waals surface area contributed by atoms with Gasteiger partial charge >= 0.3 is 5.97 Å². The first kappa shape index (κ1) is 25.5. The number of carboxylic acid groups (broad SMARTS) is 1. The zero-order valence-corrected chi connectivity index (χ0v) is 22.7. The number of aliphatic carboxylic acids is 1. The fourth-order valence-corrected chi connectivity index (χ4v) is 7.53. The van der Waals surface area contributed by atoms with Crippen LogP contribution in [0, 0.1) is 25.7 Å². The highest BCUT2D eigenvalue weighted by molar-refractivity contribution is 5.81. The Balaban J connectivity index is 1.54. The monoisotopic (exact) mass is 489 g/mol. The highest BCUT2D eigenvalue weighted by atomic mass is 16.4. The van der Waals surface area contributed by atoms with Crippen molar-refractivity contribution in [1.82, 2.24) is 4.90 Å². The third-order valence-corrected chi connectivity index (χ3v) is 9.96. The summed E-state index contributed by atoms with van der Waals surface area (Å²) in [6.07, 6.45) is 8.04. The third-order valence-electron chi connectivity index (χ3n) is 9.96. The van der Waals surface area contributed by atoms with Gasteiger partial charge in [0.25, 0.3) is 0 Å². The van der Waals surface area contributed by atoms with E-state index < -0.39 is 11.6 Å². The summed E-state index contributed by atoms with van der Waals surface area (Å²) in [6.45, 7) is 12.2. The normalized spacial score (nSPS) is 25.0. The van der Waals surface area contributed by atoms with E-state index in [1.807, 2.05) is 20.8 Å². The van der Waals surface area contributed by atoms with Gasteiger partial charge in [0.05, 0.1) is 12.0 Å².